The lowest BCUT2D eigenvalue weighted by molar-refractivity contribution is -0.139. The first-order valence-corrected chi connectivity index (χ1v) is 9.99. The molecule has 0 aliphatic carbocycles. The number of carbonyl (C=O) groups is 2. The third-order valence-electron chi connectivity index (χ3n) is 5.45. The van der Waals surface area contributed by atoms with Gasteiger partial charge in [-0.05, 0) is 56.2 Å². The van der Waals surface area contributed by atoms with Gasteiger partial charge in [0.05, 0.1) is 0 Å². The van der Waals surface area contributed by atoms with E-state index in [-0.39, 0.29) is 41.7 Å². The molecule has 0 aromatic heterocycles. The summed E-state index contributed by atoms with van der Waals surface area (Å²) in [7, 11) is 0. The van der Waals surface area contributed by atoms with Gasteiger partial charge in [0.1, 0.15) is 17.1 Å². The molecule has 0 radical (unpaired) electrons. The lowest BCUT2D eigenvalue weighted by Gasteiger charge is -2.44. The van der Waals surface area contributed by atoms with E-state index in [4.69, 9.17) is 4.74 Å². The van der Waals surface area contributed by atoms with Gasteiger partial charge in [0.15, 0.2) is 6.61 Å². The number of hydrogen-bond acceptors (Lipinski definition) is 4. The number of hydrogen-bond donors (Lipinski definition) is 1. The number of amides is 1. The Kier molecular flexibility index (Phi) is 6.72. The highest BCUT2D eigenvalue weighted by Gasteiger charge is 2.32. The lowest BCUT2D eigenvalue weighted by Crippen LogP contribution is -2.58. The Hall–Kier alpha value is -2.93. The molecule has 2 unspecified atom stereocenters. The van der Waals surface area contributed by atoms with E-state index in [9.17, 15) is 19.1 Å². The minimum atomic E-state index is -1.09. The Labute approximate surface area is 175 Å². The van der Waals surface area contributed by atoms with Crippen LogP contribution < -0.4 is 4.74 Å². The van der Waals surface area contributed by atoms with Gasteiger partial charge in [-0.1, -0.05) is 18.2 Å². The highest BCUT2D eigenvalue weighted by molar-refractivity contribution is 5.91. The molecule has 2 atom stereocenters. The Morgan fingerprint density at radius 2 is 1.80 bits per heavy atom. The fraction of sp³-hybridized carbons (Fsp3) is 0.391. The van der Waals surface area contributed by atoms with E-state index >= 15 is 0 Å². The fourth-order valence-corrected chi connectivity index (χ4v) is 3.74. The third-order valence-corrected chi connectivity index (χ3v) is 5.45. The number of aromatic carboxylic acids is 1. The van der Waals surface area contributed by atoms with Gasteiger partial charge in [-0.25, -0.2) is 9.18 Å². The zero-order chi connectivity index (χ0) is 21.8. The van der Waals surface area contributed by atoms with Crippen LogP contribution in [0, 0.1) is 12.7 Å². The van der Waals surface area contributed by atoms with Crippen molar-refractivity contribution in [2.45, 2.75) is 39.4 Å². The van der Waals surface area contributed by atoms with Crippen molar-refractivity contribution in [3.8, 4) is 5.75 Å². The fourth-order valence-electron chi connectivity index (χ4n) is 3.74. The maximum atomic E-state index is 13.1. The van der Waals surface area contributed by atoms with Crippen molar-refractivity contribution in [2.24, 2.45) is 0 Å². The first kappa shape index (κ1) is 21.8. The first-order chi connectivity index (χ1) is 14.2. The number of carboxylic acids is 1. The molecule has 7 heteroatoms. The molecule has 6 nitrogen and oxygen atoms in total. The van der Waals surface area contributed by atoms with Crippen LogP contribution in [0.4, 0.5) is 4.39 Å². The number of piperazine rings is 1. The molecule has 30 heavy (non-hydrogen) atoms. The van der Waals surface area contributed by atoms with Gasteiger partial charge in [-0.3, -0.25) is 9.69 Å². The number of ether oxygens (including phenoxy) is 1. The van der Waals surface area contributed by atoms with Crippen LogP contribution in [0.2, 0.25) is 0 Å². The second-order valence-corrected chi connectivity index (χ2v) is 7.89. The first-order valence-electron chi connectivity index (χ1n) is 9.99. The standard InChI is InChI=1S/C23H27FN2O4/c1-15-4-9-20(23(28)29)21(10-15)30-14-22(27)26-12-16(2)25(11-17(26)3)13-18-5-7-19(24)8-6-18/h4-10,16-17H,11-14H2,1-3H3,(H,28,29). The van der Waals surface area contributed by atoms with E-state index < -0.39 is 5.97 Å². The van der Waals surface area contributed by atoms with E-state index in [1.165, 1.54) is 18.2 Å². The van der Waals surface area contributed by atoms with Crippen LogP contribution in [-0.2, 0) is 11.3 Å². The molecule has 2 aromatic rings. The lowest BCUT2D eigenvalue weighted by atomic mass is 10.1. The van der Waals surface area contributed by atoms with Crippen LogP contribution in [0.3, 0.4) is 0 Å². The molecule has 1 fully saturated rings. The summed E-state index contributed by atoms with van der Waals surface area (Å²) >= 11 is 0. The topological polar surface area (TPSA) is 70.1 Å². The number of carbonyl (C=O) groups excluding carboxylic acids is 1. The summed E-state index contributed by atoms with van der Waals surface area (Å²) in [6, 6.07) is 11.4. The van der Waals surface area contributed by atoms with E-state index in [1.54, 1.807) is 29.2 Å². The summed E-state index contributed by atoms with van der Waals surface area (Å²) in [5, 5.41) is 9.31. The molecular weight excluding hydrogens is 387 g/mol. The number of benzene rings is 2. The van der Waals surface area contributed by atoms with E-state index in [0.29, 0.717) is 19.6 Å². The molecule has 1 amide bonds. The molecule has 1 N–H and O–H groups in total. The van der Waals surface area contributed by atoms with Crippen molar-refractivity contribution in [3.05, 3.63) is 65.0 Å². The maximum absolute atomic E-state index is 13.1. The summed E-state index contributed by atoms with van der Waals surface area (Å²) in [5.41, 5.74) is 1.93. The van der Waals surface area contributed by atoms with Crippen molar-refractivity contribution >= 4 is 11.9 Å². The van der Waals surface area contributed by atoms with Crippen molar-refractivity contribution < 1.29 is 23.8 Å². The molecule has 0 saturated carbocycles. The van der Waals surface area contributed by atoms with Gasteiger partial charge < -0.3 is 14.7 Å². The highest BCUT2D eigenvalue weighted by Crippen LogP contribution is 2.22. The molecule has 1 saturated heterocycles. The maximum Gasteiger partial charge on any atom is 0.339 e. The number of aryl methyl sites for hydroxylation is 1. The second-order valence-electron chi connectivity index (χ2n) is 7.89. The number of rotatable bonds is 6. The molecule has 1 aliphatic rings. The molecule has 1 heterocycles. The molecule has 160 valence electrons. The smallest absolute Gasteiger partial charge is 0.339 e. The average molecular weight is 414 g/mol. The molecule has 2 aromatic carbocycles. The van der Waals surface area contributed by atoms with Gasteiger partial charge in [0.25, 0.3) is 5.91 Å². The molecular formula is C23H27FN2O4. The van der Waals surface area contributed by atoms with Crippen molar-refractivity contribution in [2.75, 3.05) is 19.7 Å². The van der Waals surface area contributed by atoms with E-state index in [0.717, 1.165) is 11.1 Å². The molecule has 3 rings (SSSR count). The summed E-state index contributed by atoms with van der Waals surface area (Å²) in [5.74, 6) is -1.32. The number of carboxylic acid groups (broad SMARTS) is 1. The van der Waals surface area contributed by atoms with Crippen LogP contribution in [0.25, 0.3) is 0 Å². The predicted molar refractivity (Wildman–Crippen MR) is 111 cm³/mol. The third kappa shape index (κ3) is 5.16. The number of nitrogens with zero attached hydrogens (tertiary/aromatic N) is 2. The zero-order valence-corrected chi connectivity index (χ0v) is 17.5. The van der Waals surface area contributed by atoms with Crippen molar-refractivity contribution in [3.63, 3.8) is 0 Å². The minimum Gasteiger partial charge on any atom is -0.483 e. The minimum absolute atomic E-state index is 0.0193. The monoisotopic (exact) mass is 414 g/mol. The van der Waals surface area contributed by atoms with Gasteiger partial charge >= 0.3 is 5.97 Å². The molecule has 0 spiro atoms. The van der Waals surface area contributed by atoms with Gasteiger partial charge in [-0.15, -0.1) is 0 Å². The second kappa shape index (κ2) is 9.26. The largest absolute Gasteiger partial charge is 0.483 e. The van der Waals surface area contributed by atoms with E-state index in [1.807, 2.05) is 13.8 Å². The van der Waals surface area contributed by atoms with Crippen LogP contribution in [-0.4, -0.2) is 58.6 Å². The SMILES string of the molecule is Cc1ccc(C(=O)O)c(OCC(=O)N2CC(C)N(Cc3ccc(F)cc3)CC2C)c1. The van der Waals surface area contributed by atoms with Crippen LogP contribution in [0.15, 0.2) is 42.5 Å². The van der Waals surface area contributed by atoms with Crippen LogP contribution >= 0.6 is 0 Å². The van der Waals surface area contributed by atoms with Gasteiger partial charge in [0, 0.05) is 31.7 Å². The van der Waals surface area contributed by atoms with Crippen LogP contribution in [0.5, 0.6) is 5.75 Å². The summed E-state index contributed by atoms with van der Waals surface area (Å²) in [4.78, 5) is 28.2. The highest BCUT2D eigenvalue weighted by atomic mass is 19.1. The summed E-state index contributed by atoms with van der Waals surface area (Å²) in [6.45, 7) is 7.59. The molecule has 1 aliphatic heterocycles. The van der Waals surface area contributed by atoms with Gasteiger partial charge in [0.2, 0.25) is 0 Å². The zero-order valence-electron chi connectivity index (χ0n) is 17.5. The van der Waals surface area contributed by atoms with E-state index in [2.05, 4.69) is 11.8 Å². The number of halogens is 1. The molecule has 0 bridgehead atoms. The Morgan fingerprint density at radius 3 is 2.47 bits per heavy atom. The van der Waals surface area contributed by atoms with Crippen molar-refractivity contribution in [1.82, 2.24) is 9.80 Å². The average Bonchev–Trinajstić information content (AvgIpc) is 2.70. The summed E-state index contributed by atoms with van der Waals surface area (Å²) < 4.78 is 18.7. The predicted octanol–water partition coefficient (Wildman–Crippen LogP) is 3.33. The Bertz CT molecular complexity index is 916. The Morgan fingerprint density at radius 1 is 1.10 bits per heavy atom. The van der Waals surface area contributed by atoms with Crippen molar-refractivity contribution in [1.29, 1.82) is 0 Å². The summed E-state index contributed by atoms with van der Waals surface area (Å²) in [6.07, 6.45) is 0. The Balaban J connectivity index is 1.61. The quantitative estimate of drug-likeness (QED) is 0.785. The normalized spacial score (nSPS) is 19.5. The van der Waals surface area contributed by atoms with Crippen LogP contribution in [0.1, 0.15) is 35.3 Å². The van der Waals surface area contributed by atoms with Gasteiger partial charge in [-0.2, -0.15) is 0 Å².